The highest BCUT2D eigenvalue weighted by Gasteiger charge is 2.14. The first-order valence-electron chi connectivity index (χ1n) is 3.85. The lowest BCUT2D eigenvalue weighted by Gasteiger charge is -2.26. The Morgan fingerprint density at radius 3 is 2.45 bits per heavy atom. The summed E-state index contributed by atoms with van der Waals surface area (Å²) in [5, 5.41) is 19.4. The molecule has 0 bridgehead atoms. The number of carbonyl (C=O) groups is 1. The standard InChI is InChI=1S/C7H15NO3/c1-8(2,3)5-6(9)4-7(10)11/h6,9H,4-5H2,1-3H3/t6-/m1/s1/i6D. The molecule has 0 saturated heterocycles. The van der Waals surface area contributed by atoms with Crippen molar-refractivity contribution in [1.82, 2.24) is 0 Å². The molecule has 0 rings (SSSR count). The van der Waals surface area contributed by atoms with E-state index in [4.69, 9.17) is 1.37 Å². The van der Waals surface area contributed by atoms with Gasteiger partial charge in [0.15, 0.2) is 0 Å². The normalized spacial score (nSPS) is 18.7. The van der Waals surface area contributed by atoms with Gasteiger partial charge in [-0.15, -0.1) is 0 Å². The number of hydrogen-bond donors (Lipinski definition) is 1. The lowest BCUT2D eigenvalue weighted by molar-refractivity contribution is -0.873. The molecule has 0 aliphatic rings. The molecule has 0 saturated carbocycles. The second kappa shape index (κ2) is 3.69. The average molecular weight is 162 g/mol. The summed E-state index contributed by atoms with van der Waals surface area (Å²) in [6, 6.07) is 0. The smallest absolute Gasteiger partial charge is 0.108 e. The molecule has 11 heavy (non-hydrogen) atoms. The van der Waals surface area contributed by atoms with Gasteiger partial charge in [0.2, 0.25) is 0 Å². The van der Waals surface area contributed by atoms with Gasteiger partial charge < -0.3 is 19.5 Å². The molecule has 1 atom stereocenters. The minimum atomic E-state index is -1.93. The van der Waals surface area contributed by atoms with Crippen molar-refractivity contribution in [2.75, 3.05) is 27.7 Å². The SMILES string of the molecule is [2H][C@@](O)(CC(=O)[O-])C[N+](C)(C)C. The van der Waals surface area contributed by atoms with E-state index in [1.54, 1.807) is 21.1 Å². The van der Waals surface area contributed by atoms with E-state index in [1.165, 1.54) is 0 Å². The molecule has 4 heteroatoms. The van der Waals surface area contributed by atoms with Crippen LogP contribution in [0.5, 0.6) is 0 Å². The van der Waals surface area contributed by atoms with Gasteiger partial charge in [-0.05, 0) is 0 Å². The van der Waals surface area contributed by atoms with Gasteiger partial charge in [-0.3, -0.25) is 0 Å². The van der Waals surface area contributed by atoms with Crippen LogP contribution in [0.25, 0.3) is 0 Å². The summed E-state index contributed by atoms with van der Waals surface area (Å²) < 4.78 is 7.57. The highest BCUT2D eigenvalue weighted by molar-refractivity contribution is 5.64. The first-order chi connectivity index (χ1) is 5.12. The van der Waals surface area contributed by atoms with Crippen molar-refractivity contribution >= 4 is 5.97 Å². The number of rotatable bonds is 4. The third-order valence-electron chi connectivity index (χ3n) is 1.01. The molecule has 0 aliphatic heterocycles. The number of carbonyl (C=O) groups excluding carboxylic acids is 1. The number of hydrogen-bond acceptors (Lipinski definition) is 3. The first kappa shape index (κ1) is 8.49. The molecule has 0 amide bonds. The van der Waals surface area contributed by atoms with Crippen LogP contribution in [0.2, 0.25) is 0 Å². The molecule has 1 N–H and O–H groups in total. The molecule has 0 fully saturated rings. The molecule has 0 unspecified atom stereocenters. The molecule has 0 aromatic carbocycles. The second-order valence-electron chi connectivity index (χ2n) is 3.56. The van der Waals surface area contributed by atoms with Crippen molar-refractivity contribution in [2.45, 2.75) is 12.5 Å². The Bertz CT molecular complexity index is 174. The Kier molecular flexibility index (Phi) is 2.84. The van der Waals surface area contributed by atoms with Crippen LogP contribution in [-0.4, -0.2) is 49.3 Å². The molecule has 0 radical (unpaired) electrons. The van der Waals surface area contributed by atoms with Crippen molar-refractivity contribution in [1.29, 1.82) is 0 Å². The van der Waals surface area contributed by atoms with E-state index in [9.17, 15) is 15.0 Å². The predicted molar refractivity (Wildman–Crippen MR) is 38.5 cm³/mol. The Morgan fingerprint density at radius 2 is 2.18 bits per heavy atom. The van der Waals surface area contributed by atoms with Crippen LogP contribution in [0.4, 0.5) is 0 Å². The van der Waals surface area contributed by atoms with Crippen LogP contribution >= 0.6 is 0 Å². The average Bonchev–Trinajstić information content (AvgIpc) is 1.48. The van der Waals surface area contributed by atoms with Crippen LogP contribution in [0.3, 0.4) is 0 Å². The van der Waals surface area contributed by atoms with Gasteiger partial charge in [-0.1, -0.05) is 0 Å². The lowest BCUT2D eigenvalue weighted by atomic mass is 10.2. The van der Waals surface area contributed by atoms with Crippen LogP contribution in [0.1, 0.15) is 7.79 Å². The fraction of sp³-hybridized carbons (Fsp3) is 0.857. The highest BCUT2D eigenvalue weighted by Crippen LogP contribution is 1.97. The monoisotopic (exact) mass is 162 g/mol. The quantitative estimate of drug-likeness (QED) is 0.496. The summed E-state index contributed by atoms with van der Waals surface area (Å²) in [5.74, 6) is -1.40. The fourth-order valence-electron chi connectivity index (χ4n) is 0.770. The van der Waals surface area contributed by atoms with E-state index >= 15 is 0 Å². The molecule has 0 spiro atoms. The Morgan fingerprint density at radius 1 is 1.73 bits per heavy atom. The molecule has 0 heterocycles. The molecular formula is C7H15NO3. The van der Waals surface area contributed by atoms with Gasteiger partial charge in [0.1, 0.15) is 12.6 Å². The van der Waals surface area contributed by atoms with Gasteiger partial charge >= 0.3 is 0 Å². The zero-order valence-electron chi connectivity index (χ0n) is 8.13. The molecule has 4 nitrogen and oxygen atoms in total. The van der Waals surface area contributed by atoms with Crippen molar-refractivity contribution in [3.8, 4) is 0 Å². The molecule has 0 aliphatic carbocycles. The summed E-state index contributed by atoms with van der Waals surface area (Å²) in [6.07, 6.45) is -2.58. The number of aliphatic hydroxyl groups is 1. The number of quaternary nitrogens is 1. The summed E-state index contributed by atoms with van der Waals surface area (Å²) in [4.78, 5) is 10.1. The largest absolute Gasteiger partial charge is 0.550 e. The molecular weight excluding hydrogens is 146 g/mol. The summed E-state index contributed by atoms with van der Waals surface area (Å²) in [5.41, 5.74) is 0. The van der Waals surface area contributed by atoms with Gasteiger partial charge in [-0.25, -0.2) is 0 Å². The Labute approximate surface area is 68.1 Å². The topological polar surface area (TPSA) is 60.4 Å². The molecule has 0 aromatic heterocycles. The number of carboxylic acids is 1. The molecule has 0 aromatic rings. The van der Waals surface area contributed by atoms with Gasteiger partial charge in [0, 0.05) is 12.4 Å². The third-order valence-corrected chi connectivity index (χ3v) is 1.01. The van der Waals surface area contributed by atoms with Crippen molar-refractivity contribution in [2.24, 2.45) is 0 Å². The Hall–Kier alpha value is -0.610. The van der Waals surface area contributed by atoms with Crippen LogP contribution < -0.4 is 5.11 Å². The third kappa shape index (κ3) is 7.29. The van der Waals surface area contributed by atoms with E-state index < -0.39 is 18.5 Å². The molecule has 66 valence electrons. The zero-order valence-corrected chi connectivity index (χ0v) is 7.13. The second-order valence-corrected chi connectivity index (χ2v) is 3.56. The number of aliphatic carboxylic acids is 1. The summed E-state index contributed by atoms with van der Waals surface area (Å²) >= 11 is 0. The van der Waals surface area contributed by atoms with Crippen LogP contribution in [0, 0.1) is 0 Å². The van der Waals surface area contributed by atoms with E-state index in [0.717, 1.165) is 0 Å². The van der Waals surface area contributed by atoms with E-state index in [2.05, 4.69) is 0 Å². The maximum absolute atomic E-state index is 10.1. The minimum Gasteiger partial charge on any atom is -0.550 e. The van der Waals surface area contributed by atoms with Gasteiger partial charge in [0.25, 0.3) is 0 Å². The fourth-order valence-corrected chi connectivity index (χ4v) is 0.770. The minimum absolute atomic E-state index is 0.0565. The van der Waals surface area contributed by atoms with E-state index in [1.807, 2.05) is 0 Å². The van der Waals surface area contributed by atoms with Gasteiger partial charge in [-0.2, -0.15) is 0 Å². The predicted octanol–water partition coefficient (Wildman–Crippen LogP) is -1.81. The number of carboxylic acid groups (broad SMARTS) is 1. The zero-order chi connectivity index (χ0) is 9.99. The number of likely N-dealkylation sites (N-methyl/N-ethyl adjacent to an activating group) is 1. The van der Waals surface area contributed by atoms with Gasteiger partial charge in [0.05, 0.1) is 22.5 Å². The first-order valence-corrected chi connectivity index (χ1v) is 3.35. The summed E-state index contributed by atoms with van der Waals surface area (Å²) in [6.45, 7) is 0.0565. The maximum atomic E-state index is 10.1. The van der Waals surface area contributed by atoms with Crippen molar-refractivity contribution in [3.63, 3.8) is 0 Å². The van der Waals surface area contributed by atoms with E-state index in [0.29, 0.717) is 4.48 Å². The highest BCUT2D eigenvalue weighted by atomic mass is 16.4. The van der Waals surface area contributed by atoms with Crippen molar-refractivity contribution < 1.29 is 20.9 Å². The van der Waals surface area contributed by atoms with Crippen molar-refractivity contribution in [3.05, 3.63) is 0 Å². The van der Waals surface area contributed by atoms with Crippen LogP contribution in [-0.2, 0) is 4.79 Å². The maximum Gasteiger partial charge on any atom is 0.108 e. The van der Waals surface area contributed by atoms with Crippen LogP contribution in [0.15, 0.2) is 0 Å². The Balaban J connectivity index is 4.13. The number of nitrogens with zero attached hydrogens (tertiary/aromatic N) is 1. The van der Waals surface area contributed by atoms with E-state index in [-0.39, 0.29) is 6.54 Å². The summed E-state index contributed by atoms with van der Waals surface area (Å²) in [7, 11) is 5.32. The lowest BCUT2D eigenvalue weighted by Crippen LogP contribution is -2.43.